The molecule has 3 amide bonds. The zero-order valence-corrected chi connectivity index (χ0v) is 24.0. The quantitative estimate of drug-likeness (QED) is 0.293. The number of aliphatic hydroxyl groups is 1. The van der Waals surface area contributed by atoms with Gasteiger partial charge in [-0.1, -0.05) is 45.0 Å². The van der Waals surface area contributed by atoms with Crippen molar-refractivity contribution in [2.45, 2.75) is 90.2 Å². The lowest BCUT2D eigenvalue weighted by molar-refractivity contribution is -0.145. The number of nitrogens with one attached hydrogen (secondary N) is 2. The zero-order valence-electron chi connectivity index (χ0n) is 23.1. The molecule has 9 nitrogen and oxygen atoms in total. The molecule has 4 atom stereocenters. The van der Waals surface area contributed by atoms with Crippen LogP contribution in [-0.2, 0) is 19.2 Å². The smallest absolute Gasteiger partial charge is 0.258 e. The highest BCUT2D eigenvalue weighted by molar-refractivity contribution is 7.90. The number of aliphatic hydroxyl groups excluding tert-OH is 1. The number of rotatable bonds is 9. The van der Waals surface area contributed by atoms with Gasteiger partial charge in [-0.15, -0.1) is 12.6 Å². The third-order valence-electron chi connectivity index (χ3n) is 7.12. The van der Waals surface area contributed by atoms with Gasteiger partial charge in [0.2, 0.25) is 11.8 Å². The molecular weight excluding hydrogens is 523 g/mol. The van der Waals surface area contributed by atoms with Crippen LogP contribution in [0.25, 0.3) is 4.91 Å². The van der Waals surface area contributed by atoms with Gasteiger partial charge in [0, 0.05) is 30.0 Å². The largest absolute Gasteiger partial charge is 0.401 e. The van der Waals surface area contributed by atoms with Gasteiger partial charge in [-0.25, -0.2) is 4.39 Å². The Kier molecular flexibility index (Phi) is 9.16. The molecule has 11 heteroatoms. The molecule has 0 radical (unpaired) electrons. The van der Waals surface area contributed by atoms with Crippen molar-refractivity contribution < 1.29 is 28.7 Å². The molecule has 1 aliphatic carbocycles. The number of β-amino-alcohol motifs (C(OH)–C–C–N with tert-alkyl or cyclic N) is 1. The molecule has 0 bridgehead atoms. The number of halogens is 1. The average molecular weight is 563 g/mol. The van der Waals surface area contributed by atoms with Crippen LogP contribution in [0.2, 0.25) is 0 Å². The van der Waals surface area contributed by atoms with Gasteiger partial charge in [0.25, 0.3) is 5.91 Å². The first kappa shape index (κ1) is 30.6. The Morgan fingerprint density at radius 2 is 1.74 bits per heavy atom. The zero-order chi connectivity index (χ0) is 29.3. The standard InChI is InChI=1S/C28H39FN4O5S/c1-15(34)12-20(17-6-8-18(9-7-17)22(39)16(2)30)31-24(36)21-13-19(35)14-33(21)25(37)23(27(3,4)5)32-26(38)28(29)10-11-28/h6-9,19-21,23,35,39H,10-14,30H2,1-5H3,(H,31,36)(H,32,38)/b22-16-. The minimum Gasteiger partial charge on any atom is -0.401 e. The van der Waals surface area contributed by atoms with E-state index < -0.39 is 53.0 Å². The van der Waals surface area contributed by atoms with E-state index in [9.17, 15) is 28.7 Å². The number of allylic oxidation sites excluding steroid dienone is 1. The van der Waals surface area contributed by atoms with Crippen molar-refractivity contribution in [3.63, 3.8) is 0 Å². The molecule has 1 aromatic carbocycles. The van der Waals surface area contributed by atoms with E-state index in [2.05, 4.69) is 23.3 Å². The molecule has 4 unspecified atom stereocenters. The highest BCUT2D eigenvalue weighted by atomic mass is 32.1. The van der Waals surface area contributed by atoms with Gasteiger partial charge in [-0.05, 0) is 43.2 Å². The molecule has 1 saturated carbocycles. The van der Waals surface area contributed by atoms with Crippen LogP contribution in [0.1, 0.15) is 77.5 Å². The lowest BCUT2D eigenvalue weighted by Crippen LogP contribution is -2.59. The second kappa shape index (κ2) is 11.7. The maximum Gasteiger partial charge on any atom is 0.258 e. The molecular formula is C28H39FN4O5S. The first-order valence-electron chi connectivity index (χ1n) is 13.1. The molecule has 0 aromatic heterocycles. The fraction of sp³-hybridized carbons (Fsp3) is 0.571. The van der Waals surface area contributed by atoms with Crippen molar-refractivity contribution >= 4 is 41.0 Å². The number of thiol groups is 1. The van der Waals surface area contributed by atoms with Crippen LogP contribution in [0, 0.1) is 5.41 Å². The molecule has 2 aliphatic rings. The number of likely N-dealkylation sites (tertiary alicyclic amines) is 1. The number of carbonyl (C=O) groups is 4. The van der Waals surface area contributed by atoms with Crippen molar-refractivity contribution in [1.82, 2.24) is 15.5 Å². The van der Waals surface area contributed by atoms with Crippen LogP contribution in [0.15, 0.2) is 30.0 Å². The summed E-state index contributed by atoms with van der Waals surface area (Å²) < 4.78 is 14.4. The Balaban J connectivity index is 1.82. The Hall–Kier alpha value is -2.92. The molecule has 2 fully saturated rings. The number of alkyl halides is 1. The number of hydrogen-bond acceptors (Lipinski definition) is 7. The van der Waals surface area contributed by atoms with Crippen LogP contribution >= 0.6 is 12.6 Å². The molecule has 1 aliphatic heterocycles. The predicted octanol–water partition coefficient (Wildman–Crippen LogP) is 2.39. The van der Waals surface area contributed by atoms with Crippen molar-refractivity contribution in [3.05, 3.63) is 41.1 Å². The molecule has 5 N–H and O–H groups in total. The number of hydrogen-bond donors (Lipinski definition) is 5. The number of amides is 3. The first-order valence-corrected chi connectivity index (χ1v) is 13.5. The number of ketones is 1. The van der Waals surface area contributed by atoms with Crippen LogP contribution in [0.3, 0.4) is 0 Å². The van der Waals surface area contributed by atoms with Gasteiger partial charge in [0.05, 0.1) is 12.1 Å². The maximum absolute atomic E-state index is 14.4. The normalized spacial score (nSPS) is 22.4. The van der Waals surface area contributed by atoms with E-state index in [1.165, 1.54) is 11.8 Å². The summed E-state index contributed by atoms with van der Waals surface area (Å²) in [6, 6.07) is 4.30. The van der Waals surface area contributed by atoms with Crippen molar-refractivity contribution in [3.8, 4) is 0 Å². The molecule has 1 heterocycles. The predicted molar refractivity (Wildman–Crippen MR) is 149 cm³/mol. The fourth-order valence-corrected chi connectivity index (χ4v) is 4.78. The van der Waals surface area contributed by atoms with E-state index in [0.717, 1.165) is 5.56 Å². The molecule has 3 rings (SSSR count). The Bertz CT molecular complexity index is 1160. The van der Waals surface area contributed by atoms with E-state index in [1.807, 2.05) is 0 Å². The van der Waals surface area contributed by atoms with Crippen molar-refractivity contribution in [1.29, 1.82) is 0 Å². The number of Topliss-reactive ketones (excluding diaryl/α,β-unsaturated/α-hetero) is 1. The molecule has 39 heavy (non-hydrogen) atoms. The van der Waals surface area contributed by atoms with Gasteiger partial charge in [-0.2, -0.15) is 0 Å². The van der Waals surface area contributed by atoms with Crippen LogP contribution in [-0.4, -0.2) is 63.9 Å². The number of carbonyl (C=O) groups excluding carboxylic acids is 4. The summed E-state index contributed by atoms with van der Waals surface area (Å²) in [6.07, 6.45) is -0.735. The van der Waals surface area contributed by atoms with Gasteiger partial charge in [0.15, 0.2) is 5.67 Å². The summed E-state index contributed by atoms with van der Waals surface area (Å²) >= 11 is 4.41. The SMILES string of the molecule is CC(=O)CC(NC(=O)C1CC(O)CN1C(=O)C(NC(=O)C1(F)CC1)C(C)(C)C)c1ccc(/C(S)=C(\C)N)cc1. The summed E-state index contributed by atoms with van der Waals surface area (Å²) in [6.45, 7) is 8.25. The van der Waals surface area contributed by atoms with Gasteiger partial charge in [0.1, 0.15) is 17.9 Å². The van der Waals surface area contributed by atoms with Crippen molar-refractivity contribution in [2.75, 3.05) is 6.54 Å². The highest BCUT2D eigenvalue weighted by Crippen LogP contribution is 2.40. The molecule has 1 aromatic rings. The summed E-state index contributed by atoms with van der Waals surface area (Å²) in [5.41, 5.74) is 5.07. The Labute approximate surface area is 234 Å². The summed E-state index contributed by atoms with van der Waals surface area (Å²) in [5.74, 6) is -2.10. The monoisotopic (exact) mass is 562 g/mol. The number of benzene rings is 1. The number of nitrogens with two attached hydrogens (primary N) is 1. The lowest BCUT2D eigenvalue weighted by Gasteiger charge is -2.36. The average Bonchev–Trinajstić information content (AvgIpc) is 3.48. The molecule has 1 saturated heterocycles. The Morgan fingerprint density at radius 1 is 1.15 bits per heavy atom. The van der Waals surface area contributed by atoms with Crippen LogP contribution in [0.5, 0.6) is 0 Å². The third kappa shape index (κ3) is 7.39. The van der Waals surface area contributed by atoms with Crippen LogP contribution < -0.4 is 16.4 Å². The molecule has 0 spiro atoms. The summed E-state index contributed by atoms with van der Waals surface area (Å²) in [5, 5.41) is 15.8. The number of nitrogens with zero attached hydrogens (tertiary/aromatic N) is 1. The van der Waals surface area contributed by atoms with Gasteiger partial charge >= 0.3 is 0 Å². The second-order valence-electron chi connectivity index (χ2n) is 11.8. The minimum atomic E-state index is -1.97. The summed E-state index contributed by atoms with van der Waals surface area (Å²) in [4.78, 5) is 53.5. The Morgan fingerprint density at radius 3 is 2.23 bits per heavy atom. The fourth-order valence-electron chi connectivity index (χ4n) is 4.63. The van der Waals surface area contributed by atoms with Gasteiger partial charge < -0.3 is 26.4 Å². The maximum atomic E-state index is 14.4. The van der Waals surface area contributed by atoms with Crippen LogP contribution in [0.4, 0.5) is 4.39 Å². The third-order valence-corrected chi connectivity index (χ3v) is 7.73. The topological polar surface area (TPSA) is 142 Å². The van der Waals surface area contributed by atoms with E-state index in [1.54, 1.807) is 52.0 Å². The van der Waals surface area contributed by atoms with Crippen molar-refractivity contribution in [2.24, 2.45) is 11.1 Å². The van der Waals surface area contributed by atoms with E-state index >= 15 is 0 Å². The second-order valence-corrected chi connectivity index (χ2v) is 12.2. The highest BCUT2D eigenvalue weighted by Gasteiger charge is 2.53. The first-order chi connectivity index (χ1) is 18.0. The lowest BCUT2D eigenvalue weighted by atomic mass is 9.85. The van der Waals surface area contributed by atoms with Gasteiger partial charge in [-0.3, -0.25) is 19.2 Å². The molecule has 214 valence electrons. The summed E-state index contributed by atoms with van der Waals surface area (Å²) in [7, 11) is 0. The van der Waals surface area contributed by atoms with E-state index in [4.69, 9.17) is 5.73 Å². The van der Waals surface area contributed by atoms with E-state index in [-0.39, 0.29) is 38.0 Å². The van der Waals surface area contributed by atoms with E-state index in [0.29, 0.717) is 16.2 Å². The minimum absolute atomic E-state index is 0.00918.